The van der Waals surface area contributed by atoms with Crippen LogP contribution >= 0.6 is 0 Å². The molecule has 3 aliphatic rings. The fraction of sp³-hybridized carbons (Fsp3) is 0.640. The lowest BCUT2D eigenvalue weighted by atomic mass is 10.1. The monoisotopic (exact) mass is 441 g/mol. The number of piperidine rings is 1. The Balaban J connectivity index is 1.31. The molecule has 0 aliphatic carbocycles. The van der Waals surface area contributed by atoms with Crippen molar-refractivity contribution in [2.45, 2.75) is 63.5 Å². The van der Waals surface area contributed by atoms with Crippen LogP contribution < -0.4 is 4.74 Å². The molecule has 32 heavy (non-hydrogen) atoms. The van der Waals surface area contributed by atoms with E-state index in [0.717, 1.165) is 32.5 Å². The van der Waals surface area contributed by atoms with E-state index in [1.807, 2.05) is 30.3 Å². The number of hydrogen-bond acceptors (Lipinski definition) is 5. The van der Waals surface area contributed by atoms with Crippen LogP contribution in [0.25, 0.3) is 0 Å². The Morgan fingerprint density at radius 2 is 1.50 bits per heavy atom. The quantitative estimate of drug-likeness (QED) is 0.620. The molecular formula is C25H35N3O4. The summed E-state index contributed by atoms with van der Waals surface area (Å²) in [5.41, 5.74) is 0. The second-order valence-electron chi connectivity index (χ2n) is 9.16. The van der Waals surface area contributed by atoms with Crippen molar-refractivity contribution in [2.75, 3.05) is 39.3 Å². The number of likely N-dealkylation sites (tertiary alicyclic amines) is 3. The molecule has 7 heteroatoms. The number of nitrogens with zero attached hydrogens (tertiary/aromatic N) is 3. The Labute approximate surface area is 190 Å². The van der Waals surface area contributed by atoms with Crippen LogP contribution in [0.15, 0.2) is 30.3 Å². The first-order valence-electron chi connectivity index (χ1n) is 12.2. The molecule has 0 aromatic heterocycles. The van der Waals surface area contributed by atoms with Crippen molar-refractivity contribution in [3.8, 4) is 5.75 Å². The van der Waals surface area contributed by atoms with Gasteiger partial charge in [0, 0.05) is 26.1 Å². The van der Waals surface area contributed by atoms with Gasteiger partial charge in [-0.1, -0.05) is 24.6 Å². The minimum atomic E-state index is -0.447. The average Bonchev–Trinajstić information content (AvgIpc) is 3.52. The smallest absolute Gasteiger partial charge is 0.245 e. The molecule has 4 rings (SSSR count). The summed E-state index contributed by atoms with van der Waals surface area (Å²) in [7, 11) is 0. The number of ether oxygens (including phenoxy) is 1. The maximum atomic E-state index is 13.4. The van der Waals surface area contributed by atoms with Crippen molar-refractivity contribution in [3.05, 3.63) is 30.3 Å². The Morgan fingerprint density at radius 3 is 2.25 bits per heavy atom. The molecule has 3 fully saturated rings. The van der Waals surface area contributed by atoms with Crippen LogP contribution in [0.3, 0.4) is 0 Å². The summed E-state index contributed by atoms with van der Waals surface area (Å²) in [5, 5.41) is 0. The molecule has 0 N–H and O–H groups in total. The molecule has 1 aromatic rings. The van der Waals surface area contributed by atoms with Crippen molar-refractivity contribution in [3.63, 3.8) is 0 Å². The molecule has 0 bridgehead atoms. The van der Waals surface area contributed by atoms with E-state index >= 15 is 0 Å². The second-order valence-corrected chi connectivity index (χ2v) is 9.16. The van der Waals surface area contributed by atoms with Crippen LogP contribution in [0.2, 0.25) is 0 Å². The second kappa shape index (κ2) is 10.9. The van der Waals surface area contributed by atoms with Gasteiger partial charge >= 0.3 is 0 Å². The van der Waals surface area contributed by atoms with Gasteiger partial charge in [0.25, 0.3) is 0 Å². The first kappa shape index (κ1) is 22.8. The number of ketones is 1. The van der Waals surface area contributed by atoms with E-state index in [9.17, 15) is 14.4 Å². The predicted octanol–water partition coefficient (Wildman–Crippen LogP) is 2.49. The number of hydrogen-bond donors (Lipinski definition) is 0. The molecule has 0 saturated carbocycles. The lowest BCUT2D eigenvalue weighted by Gasteiger charge is -2.32. The molecule has 2 atom stereocenters. The van der Waals surface area contributed by atoms with Crippen molar-refractivity contribution < 1.29 is 19.1 Å². The standard InChI is InChI=1S/C25H35N3O4/c29-23(19-32-20-9-3-1-4-10-20)21-11-7-17-28(21)25(31)22-12-8-16-27(22)24(30)13-18-26-14-5-2-6-15-26/h1,3-4,9-10,21-22H,2,5-8,11-19H2/t21-,22+/m0/s1. The van der Waals surface area contributed by atoms with Crippen molar-refractivity contribution >= 4 is 17.6 Å². The number of carbonyl (C=O) groups is 3. The van der Waals surface area contributed by atoms with Gasteiger partial charge in [0.15, 0.2) is 5.78 Å². The molecule has 0 unspecified atom stereocenters. The number of rotatable bonds is 8. The van der Waals surface area contributed by atoms with Crippen LogP contribution in [0.4, 0.5) is 0 Å². The topological polar surface area (TPSA) is 70.2 Å². The molecule has 3 heterocycles. The molecule has 0 radical (unpaired) electrons. The van der Waals surface area contributed by atoms with Crippen LogP contribution in [-0.4, -0.2) is 83.7 Å². The van der Waals surface area contributed by atoms with E-state index in [2.05, 4.69) is 4.90 Å². The zero-order valence-corrected chi connectivity index (χ0v) is 18.9. The summed E-state index contributed by atoms with van der Waals surface area (Å²) in [5.74, 6) is 0.587. The molecule has 1 aromatic carbocycles. The minimum Gasteiger partial charge on any atom is -0.486 e. The SMILES string of the molecule is O=C(COc1ccccc1)[C@@H]1CCCN1C(=O)[C@H]1CCCN1C(=O)CCN1CCCCC1. The highest BCUT2D eigenvalue weighted by Gasteiger charge is 2.41. The highest BCUT2D eigenvalue weighted by atomic mass is 16.5. The van der Waals surface area contributed by atoms with E-state index in [-0.39, 0.29) is 24.2 Å². The number of amides is 2. The van der Waals surface area contributed by atoms with Crippen LogP contribution in [0.1, 0.15) is 51.4 Å². The van der Waals surface area contributed by atoms with Crippen molar-refractivity contribution in [1.82, 2.24) is 14.7 Å². The lowest BCUT2D eigenvalue weighted by Crippen LogP contribution is -2.51. The van der Waals surface area contributed by atoms with Gasteiger partial charge in [-0.25, -0.2) is 0 Å². The highest BCUT2D eigenvalue weighted by molar-refractivity contribution is 5.94. The zero-order chi connectivity index (χ0) is 22.3. The molecule has 2 amide bonds. The first-order chi connectivity index (χ1) is 15.6. The van der Waals surface area contributed by atoms with Gasteiger partial charge in [0.2, 0.25) is 11.8 Å². The molecule has 7 nitrogen and oxygen atoms in total. The first-order valence-corrected chi connectivity index (χ1v) is 12.2. The fourth-order valence-corrected chi connectivity index (χ4v) is 5.23. The molecule has 3 saturated heterocycles. The van der Waals surface area contributed by atoms with Gasteiger partial charge in [-0.15, -0.1) is 0 Å². The fourth-order valence-electron chi connectivity index (χ4n) is 5.23. The Bertz CT molecular complexity index is 794. The molecule has 3 aliphatic heterocycles. The van der Waals surface area contributed by atoms with Gasteiger partial charge in [0.05, 0.1) is 6.04 Å². The average molecular weight is 442 g/mol. The maximum absolute atomic E-state index is 13.4. The van der Waals surface area contributed by atoms with Gasteiger partial charge in [0.1, 0.15) is 18.4 Å². The van der Waals surface area contributed by atoms with Gasteiger partial charge in [-0.05, 0) is 63.7 Å². The van der Waals surface area contributed by atoms with E-state index in [1.165, 1.54) is 19.3 Å². The van der Waals surface area contributed by atoms with Crippen molar-refractivity contribution in [2.24, 2.45) is 0 Å². The third-order valence-electron chi connectivity index (χ3n) is 6.98. The number of para-hydroxylation sites is 1. The summed E-state index contributed by atoms with van der Waals surface area (Å²) in [6, 6.07) is 8.38. The van der Waals surface area contributed by atoms with E-state index in [1.54, 1.807) is 9.80 Å². The van der Waals surface area contributed by atoms with E-state index < -0.39 is 12.1 Å². The summed E-state index contributed by atoms with van der Waals surface area (Å²) in [6.07, 6.45) is 7.16. The van der Waals surface area contributed by atoms with Crippen molar-refractivity contribution in [1.29, 1.82) is 0 Å². The molecule has 174 valence electrons. The van der Waals surface area contributed by atoms with Crippen LogP contribution in [0.5, 0.6) is 5.75 Å². The molecule has 0 spiro atoms. The molecular weight excluding hydrogens is 406 g/mol. The minimum absolute atomic E-state index is 0.0401. The third kappa shape index (κ3) is 5.49. The summed E-state index contributed by atoms with van der Waals surface area (Å²) >= 11 is 0. The Kier molecular flexibility index (Phi) is 7.79. The normalized spacial score (nSPS) is 24.0. The maximum Gasteiger partial charge on any atom is 0.245 e. The van der Waals surface area contributed by atoms with Gasteiger partial charge in [-0.2, -0.15) is 0 Å². The Morgan fingerprint density at radius 1 is 0.812 bits per heavy atom. The van der Waals surface area contributed by atoms with E-state index in [0.29, 0.717) is 38.1 Å². The number of benzene rings is 1. The summed E-state index contributed by atoms with van der Waals surface area (Å²) in [6.45, 7) is 4.09. The summed E-state index contributed by atoms with van der Waals surface area (Å²) in [4.78, 5) is 45.0. The predicted molar refractivity (Wildman–Crippen MR) is 121 cm³/mol. The van der Waals surface area contributed by atoms with E-state index in [4.69, 9.17) is 4.74 Å². The highest BCUT2D eigenvalue weighted by Crippen LogP contribution is 2.26. The van der Waals surface area contributed by atoms with Gasteiger partial charge < -0.3 is 19.4 Å². The van der Waals surface area contributed by atoms with Gasteiger partial charge in [-0.3, -0.25) is 14.4 Å². The lowest BCUT2D eigenvalue weighted by molar-refractivity contribution is -0.146. The van der Waals surface area contributed by atoms with Crippen LogP contribution in [0, 0.1) is 0 Å². The number of carbonyl (C=O) groups excluding carboxylic acids is 3. The Hall–Kier alpha value is -2.41. The van der Waals surface area contributed by atoms with Crippen LogP contribution in [-0.2, 0) is 14.4 Å². The summed E-state index contributed by atoms with van der Waals surface area (Å²) < 4.78 is 5.63. The largest absolute Gasteiger partial charge is 0.486 e. The zero-order valence-electron chi connectivity index (χ0n) is 18.9. The number of Topliss-reactive ketones (excluding diaryl/α,β-unsaturated/α-hetero) is 1. The third-order valence-corrected chi connectivity index (χ3v) is 6.98.